The SMILES string of the molecule is NC(Cc1ccc(CS)cc1)C(=O)O. The molecular formula is C10H13NO2S. The lowest BCUT2D eigenvalue weighted by atomic mass is 10.1. The molecule has 0 aliphatic heterocycles. The molecule has 0 radical (unpaired) electrons. The third kappa shape index (κ3) is 3.05. The molecule has 1 rings (SSSR count). The zero-order chi connectivity index (χ0) is 10.6. The van der Waals surface area contributed by atoms with Gasteiger partial charge in [0.25, 0.3) is 0 Å². The number of carboxylic acid groups (broad SMARTS) is 1. The van der Waals surface area contributed by atoms with Crippen molar-refractivity contribution in [2.45, 2.75) is 18.2 Å². The zero-order valence-corrected chi connectivity index (χ0v) is 8.58. The van der Waals surface area contributed by atoms with Crippen LogP contribution < -0.4 is 5.73 Å². The van der Waals surface area contributed by atoms with E-state index in [4.69, 9.17) is 10.8 Å². The largest absolute Gasteiger partial charge is 0.480 e. The maximum absolute atomic E-state index is 10.5. The van der Waals surface area contributed by atoms with E-state index < -0.39 is 12.0 Å². The molecule has 0 aliphatic rings. The van der Waals surface area contributed by atoms with Gasteiger partial charge in [-0.3, -0.25) is 4.79 Å². The van der Waals surface area contributed by atoms with E-state index in [1.54, 1.807) is 0 Å². The number of benzene rings is 1. The maximum Gasteiger partial charge on any atom is 0.320 e. The van der Waals surface area contributed by atoms with Crippen LogP contribution in [-0.2, 0) is 17.0 Å². The number of carboxylic acids is 1. The molecule has 0 spiro atoms. The van der Waals surface area contributed by atoms with E-state index in [1.165, 1.54) is 0 Å². The van der Waals surface area contributed by atoms with Gasteiger partial charge >= 0.3 is 5.97 Å². The van der Waals surface area contributed by atoms with Gasteiger partial charge in [0.2, 0.25) is 0 Å². The molecule has 0 aliphatic carbocycles. The van der Waals surface area contributed by atoms with Gasteiger partial charge in [-0.15, -0.1) is 0 Å². The number of carbonyl (C=O) groups is 1. The molecule has 0 fully saturated rings. The Labute approximate surface area is 88.3 Å². The van der Waals surface area contributed by atoms with Gasteiger partial charge in [0.05, 0.1) is 0 Å². The Morgan fingerprint density at radius 3 is 2.29 bits per heavy atom. The molecule has 1 aromatic rings. The molecule has 0 aromatic heterocycles. The first-order valence-corrected chi connectivity index (χ1v) is 4.94. The second-order valence-corrected chi connectivity index (χ2v) is 3.44. The second kappa shape index (κ2) is 5.02. The van der Waals surface area contributed by atoms with Crippen LogP contribution in [0.3, 0.4) is 0 Å². The van der Waals surface area contributed by atoms with Crippen LogP contribution >= 0.6 is 12.6 Å². The fourth-order valence-electron chi connectivity index (χ4n) is 1.12. The first kappa shape index (κ1) is 11.1. The third-order valence-corrected chi connectivity index (χ3v) is 2.34. The van der Waals surface area contributed by atoms with Crippen molar-refractivity contribution in [3.63, 3.8) is 0 Å². The van der Waals surface area contributed by atoms with Gasteiger partial charge < -0.3 is 10.8 Å². The molecule has 4 heteroatoms. The third-order valence-electron chi connectivity index (χ3n) is 1.98. The monoisotopic (exact) mass is 211 g/mol. The summed E-state index contributed by atoms with van der Waals surface area (Å²) >= 11 is 4.13. The molecule has 1 aromatic carbocycles. The van der Waals surface area contributed by atoms with Gasteiger partial charge in [-0.2, -0.15) is 12.6 Å². The smallest absolute Gasteiger partial charge is 0.320 e. The summed E-state index contributed by atoms with van der Waals surface area (Å²) in [6.45, 7) is 0. The van der Waals surface area contributed by atoms with Crippen molar-refractivity contribution in [3.05, 3.63) is 35.4 Å². The van der Waals surface area contributed by atoms with E-state index in [0.717, 1.165) is 11.1 Å². The number of nitrogens with two attached hydrogens (primary N) is 1. The molecule has 76 valence electrons. The first-order chi connectivity index (χ1) is 6.63. The summed E-state index contributed by atoms with van der Waals surface area (Å²) in [6, 6.07) is 6.80. The molecule has 1 unspecified atom stereocenters. The van der Waals surface area contributed by atoms with Crippen molar-refractivity contribution in [1.82, 2.24) is 0 Å². The Bertz CT molecular complexity index is 310. The predicted molar refractivity (Wildman–Crippen MR) is 58.4 cm³/mol. The molecule has 0 saturated carbocycles. The van der Waals surface area contributed by atoms with Crippen molar-refractivity contribution >= 4 is 18.6 Å². The normalized spacial score (nSPS) is 12.4. The highest BCUT2D eigenvalue weighted by Gasteiger charge is 2.11. The van der Waals surface area contributed by atoms with Crippen LogP contribution in [0.5, 0.6) is 0 Å². The minimum absolute atomic E-state index is 0.363. The molecule has 0 saturated heterocycles. The first-order valence-electron chi connectivity index (χ1n) is 4.30. The molecular weight excluding hydrogens is 198 g/mol. The minimum Gasteiger partial charge on any atom is -0.480 e. The van der Waals surface area contributed by atoms with Crippen molar-refractivity contribution in [2.24, 2.45) is 5.73 Å². The van der Waals surface area contributed by atoms with E-state index in [-0.39, 0.29) is 0 Å². The summed E-state index contributed by atoms with van der Waals surface area (Å²) in [6.07, 6.45) is 0.363. The average molecular weight is 211 g/mol. The van der Waals surface area contributed by atoms with Gasteiger partial charge in [-0.1, -0.05) is 24.3 Å². The molecule has 0 heterocycles. The summed E-state index contributed by atoms with van der Waals surface area (Å²) < 4.78 is 0. The van der Waals surface area contributed by atoms with Crippen LogP contribution in [0.2, 0.25) is 0 Å². The Kier molecular flexibility index (Phi) is 3.98. The van der Waals surface area contributed by atoms with Crippen molar-refractivity contribution in [2.75, 3.05) is 0 Å². The summed E-state index contributed by atoms with van der Waals surface area (Å²) in [4.78, 5) is 10.5. The molecule has 3 N–H and O–H groups in total. The average Bonchev–Trinajstić information content (AvgIpc) is 2.19. The molecule has 0 bridgehead atoms. The van der Waals surface area contributed by atoms with Gasteiger partial charge in [0.1, 0.15) is 6.04 Å². The van der Waals surface area contributed by atoms with E-state index in [2.05, 4.69) is 12.6 Å². The van der Waals surface area contributed by atoms with Crippen LogP contribution in [-0.4, -0.2) is 17.1 Å². The van der Waals surface area contributed by atoms with Crippen LogP contribution in [0.15, 0.2) is 24.3 Å². The Hall–Kier alpha value is -1.00. The number of hydrogen-bond donors (Lipinski definition) is 3. The van der Waals surface area contributed by atoms with Crippen molar-refractivity contribution in [1.29, 1.82) is 0 Å². The highest BCUT2D eigenvalue weighted by molar-refractivity contribution is 7.79. The topological polar surface area (TPSA) is 63.3 Å². The summed E-state index contributed by atoms with van der Waals surface area (Å²) in [7, 11) is 0. The standard InChI is InChI=1S/C10H13NO2S/c11-9(10(12)13)5-7-1-3-8(6-14)4-2-7/h1-4,9,14H,5-6,11H2,(H,12,13). The summed E-state index contributed by atoms with van der Waals surface area (Å²) in [5.41, 5.74) is 7.45. The van der Waals surface area contributed by atoms with E-state index in [1.807, 2.05) is 24.3 Å². The fraction of sp³-hybridized carbons (Fsp3) is 0.300. The Morgan fingerprint density at radius 2 is 1.86 bits per heavy atom. The quantitative estimate of drug-likeness (QED) is 0.653. The van der Waals surface area contributed by atoms with Gasteiger partial charge in [0.15, 0.2) is 0 Å². The molecule has 14 heavy (non-hydrogen) atoms. The number of rotatable bonds is 4. The maximum atomic E-state index is 10.5. The summed E-state index contributed by atoms with van der Waals surface area (Å²) in [5, 5.41) is 8.61. The molecule has 0 amide bonds. The van der Waals surface area contributed by atoms with E-state index >= 15 is 0 Å². The molecule has 3 nitrogen and oxygen atoms in total. The minimum atomic E-state index is -0.969. The Balaban J connectivity index is 2.64. The van der Waals surface area contributed by atoms with E-state index in [0.29, 0.717) is 12.2 Å². The van der Waals surface area contributed by atoms with Crippen molar-refractivity contribution < 1.29 is 9.90 Å². The summed E-state index contributed by atoms with van der Waals surface area (Å²) in [5.74, 6) is -0.283. The number of aliphatic carboxylic acids is 1. The number of hydrogen-bond acceptors (Lipinski definition) is 3. The van der Waals surface area contributed by atoms with Gasteiger partial charge in [0, 0.05) is 5.75 Å². The van der Waals surface area contributed by atoms with E-state index in [9.17, 15) is 4.79 Å². The number of thiol groups is 1. The van der Waals surface area contributed by atoms with Crippen molar-refractivity contribution in [3.8, 4) is 0 Å². The van der Waals surface area contributed by atoms with Crippen LogP contribution in [0.1, 0.15) is 11.1 Å². The van der Waals surface area contributed by atoms with Gasteiger partial charge in [-0.25, -0.2) is 0 Å². The lowest BCUT2D eigenvalue weighted by Crippen LogP contribution is -2.32. The lowest BCUT2D eigenvalue weighted by Gasteiger charge is -2.06. The molecule has 1 atom stereocenters. The van der Waals surface area contributed by atoms with Crippen LogP contribution in [0.25, 0.3) is 0 Å². The lowest BCUT2D eigenvalue weighted by molar-refractivity contribution is -0.138. The van der Waals surface area contributed by atoms with Crippen LogP contribution in [0, 0.1) is 0 Å². The zero-order valence-electron chi connectivity index (χ0n) is 7.68. The Morgan fingerprint density at radius 1 is 1.36 bits per heavy atom. The van der Waals surface area contributed by atoms with Gasteiger partial charge in [-0.05, 0) is 17.5 Å². The second-order valence-electron chi connectivity index (χ2n) is 3.12. The fourth-order valence-corrected chi connectivity index (χ4v) is 1.33. The highest BCUT2D eigenvalue weighted by atomic mass is 32.1. The predicted octanol–water partition coefficient (Wildman–Crippen LogP) is 1.07. The van der Waals surface area contributed by atoms with Crippen LogP contribution in [0.4, 0.5) is 0 Å². The highest BCUT2D eigenvalue weighted by Crippen LogP contribution is 2.08.